The highest BCUT2D eigenvalue weighted by Gasteiger charge is 2.50. The lowest BCUT2D eigenvalue weighted by atomic mass is 9.93. The first-order valence-corrected chi connectivity index (χ1v) is 6.38. The van der Waals surface area contributed by atoms with E-state index in [0.717, 1.165) is 0 Å². The molecule has 0 saturated carbocycles. The molecule has 2 N–H and O–H groups in total. The highest BCUT2D eigenvalue weighted by Crippen LogP contribution is 2.26. The van der Waals surface area contributed by atoms with Crippen LogP contribution in [0.3, 0.4) is 0 Å². The number of nitro groups is 1. The molecule has 1 aromatic carbocycles. The van der Waals surface area contributed by atoms with E-state index in [4.69, 9.17) is 4.74 Å². The summed E-state index contributed by atoms with van der Waals surface area (Å²) in [7, 11) is 0. The Labute approximate surface area is 126 Å². The molecule has 0 spiro atoms. The number of ether oxygens (including phenoxy) is 1. The zero-order valence-corrected chi connectivity index (χ0v) is 12.4. The van der Waals surface area contributed by atoms with E-state index >= 15 is 0 Å². The number of carboxylic acid groups (broad SMARTS) is 2. The predicted octanol–water partition coefficient (Wildman–Crippen LogP) is 1.86. The van der Waals surface area contributed by atoms with Gasteiger partial charge in [-0.1, -0.05) is 12.1 Å². The van der Waals surface area contributed by atoms with Crippen molar-refractivity contribution in [3.05, 3.63) is 39.9 Å². The minimum Gasteiger partial charge on any atom is -0.479 e. The van der Waals surface area contributed by atoms with Crippen molar-refractivity contribution >= 4 is 17.6 Å². The van der Waals surface area contributed by atoms with E-state index in [0.29, 0.717) is 5.56 Å². The monoisotopic (exact) mass is 311 g/mol. The van der Waals surface area contributed by atoms with Crippen LogP contribution in [0.5, 0.6) is 0 Å². The van der Waals surface area contributed by atoms with E-state index in [-0.39, 0.29) is 5.69 Å². The van der Waals surface area contributed by atoms with Gasteiger partial charge in [0.05, 0.1) is 10.5 Å². The molecule has 0 radical (unpaired) electrons. The highest BCUT2D eigenvalue weighted by atomic mass is 16.6. The molecule has 1 aromatic rings. The number of carboxylic acids is 2. The second-order valence-electron chi connectivity index (χ2n) is 5.75. The number of benzene rings is 1. The van der Waals surface area contributed by atoms with E-state index in [1.54, 1.807) is 20.8 Å². The van der Waals surface area contributed by atoms with E-state index in [1.165, 1.54) is 24.3 Å². The van der Waals surface area contributed by atoms with Crippen molar-refractivity contribution in [1.29, 1.82) is 0 Å². The smallest absolute Gasteiger partial charge is 0.348 e. The summed E-state index contributed by atoms with van der Waals surface area (Å²) < 4.78 is 5.30. The minimum atomic E-state index is -2.46. The minimum absolute atomic E-state index is 0.170. The van der Waals surface area contributed by atoms with E-state index in [2.05, 4.69) is 0 Å². The average molecular weight is 311 g/mol. The largest absolute Gasteiger partial charge is 0.479 e. The number of hydrogen-bond acceptors (Lipinski definition) is 5. The fraction of sp³-hybridized carbons (Fsp3) is 0.429. The van der Waals surface area contributed by atoms with Gasteiger partial charge in [-0.25, -0.2) is 9.59 Å². The van der Waals surface area contributed by atoms with Gasteiger partial charge < -0.3 is 14.9 Å². The lowest BCUT2D eigenvalue weighted by molar-refractivity contribution is -0.384. The Morgan fingerprint density at radius 2 is 1.59 bits per heavy atom. The van der Waals surface area contributed by atoms with Crippen LogP contribution in [0.2, 0.25) is 0 Å². The van der Waals surface area contributed by atoms with Gasteiger partial charge in [0.15, 0.2) is 0 Å². The number of hydrogen-bond donors (Lipinski definition) is 2. The summed E-state index contributed by atoms with van der Waals surface area (Å²) in [6.07, 6.45) is -0.451. The molecule has 0 heterocycles. The zero-order valence-electron chi connectivity index (χ0n) is 12.4. The summed E-state index contributed by atoms with van der Waals surface area (Å²) in [4.78, 5) is 33.0. The Kier molecular flexibility index (Phi) is 4.87. The Balaban J connectivity index is 3.20. The molecule has 0 atom stereocenters. The Morgan fingerprint density at radius 3 is 1.91 bits per heavy atom. The SMILES string of the molecule is CC(C)(C)OC(Cc1ccc([N+](=O)[O-])cc1)(C(=O)O)C(=O)O. The second kappa shape index (κ2) is 6.10. The highest BCUT2D eigenvalue weighted by molar-refractivity contribution is 6.02. The van der Waals surface area contributed by atoms with Crippen LogP contribution in [0.15, 0.2) is 24.3 Å². The number of carbonyl (C=O) groups is 2. The fourth-order valence-electron chi connectivity index (χ4n) is 1.91. The fourth-order valence-corrected chi connectivity index (χ4v) is 1.91. The van der Waals surface area contributed by atoms with Crippen LogP contribution in [0.4, 0.5) is 5.69 Å². The summed E-state index contributed by atoms with van der Waals surface area (Å²) in [6.45, 7) is 4.64. The van der Waals surface area contributed by atoms with Gasteiger partial charge in [0.2, 0.25) is 0 Å². The van der Waals surface area contributed by atoms with Gasteiger partial charge in [-0.15, -0.1) is 0 Å². The van der Waals surface area contributed by atoms with Gasteiger partial charge in [0.1, 0.15) is 0 Å². The normalized spacial score (nSPS) is 12.0. The van der Waals surface area contributed by atoms with Crippen molar-refractivity contribution in [2.45, 2.75) is 38.4 Å². The lowest BCUT2D eigenvalue weighted by Gasteiger charge is -2.32. The Hall–Kier alpha value is -2.48. The molecule has 120 valence electrons. The molecule has 0 saturated heterocycles. The third-order valence-electron chi connectivity index (χ3n) is 2.77. The van der Waals surface area contributed by atoms with Crippen LogP contribution in [0, 0.1) is 10.1 Å². The molecule has 0 aliphatic carbocycles. The van der Waals surface area contributed by atoms with Crippen LogP contribution in [0.25, 0.3) is 0 Å². The third kappa shape index (κ3) is 4.01. The topological polar surface area (TPSA) is 127 Å². The molecule has 0 aliphatic heterocycles. The lowest BCUT2D eigenvalue weighted by Crippen LogP contribution is -2.54. The number of nitro benzene ring substituents is 1. The van der Waals surface area contributed by atoms with Gasteiger partial charge in [0, 0.05) is 18.6 Å². The van der Waals surface area contributed by atoms with Gasteiger partial charge in [-0.2, -0.15) is 0 Å². The summed E-state index contributed by atoms with van der Waals surface area (Å²) in [5.41, 5.74) is -3.33. The quantitative estimate of drug-likeness (QED) is 0.466. The maximum Gasteiger partial charge on any atom is 0.348 e. The first-order chi connectivity index (χ1) is 9.98. The number of nitrogens with zero attached hydrogens (tertiary/aromatic N) is 1. The van der Waals surface area contributed by atoms with Gasteiger partial charge in [-0.3, -0.25) is 10.1 Å². The van der Waals surface area contributed by atoms with Crippen molar-refractivity contribution in [2.24, 2.45) is 0 Å². The molecule has 0 unspecified atom stereocenters. The van der Waals surface area contributed by atoms with Crippen molar-refractivity contribution in [2.75, 3.05) is 0 Å². The summed E-state index contributed by atoms with van der Waals surface area (Å²) in [6, 6.07) is 4.98. The van der Waals surface area contributed by atoms with Crippen LogP contribution in [-0.2, 0) is 20.7 Å². The first kappa shape index (κ1) is 17.6. The van der Waals surface area contributed by atoms with Crippen molar-refractivity contribution in [3.63, 3.8) is 0 Å². The van der Waals surface area contributed by atoms with Crippen molar-refractivity contribution in [1.82, 2.24) is 0 Å². The van der Waals surface area contributed by atoms with Gasteiger partial charge in [-0.05, 0) is 26.3 Å². The van der Waals surface area contributed by atoms with E-state index in [9.17, 15) is 29.9 Å². The van der Waals surface area contributed by atoms with Gasteiger partial charge in [0.25, 0.3) is 11.3 Å². The molecule has 0 amide bonds. The average Bonchev–Trinajstić information content (AvgIpc) is 2.36. The van der Waals surface area contributed by atoms with Crippen LogP contribution in [0.1, 0.15) is 26.3 Å². The van der Waals surface area contributed by atoms with E-state index < -0.39 is 34.5 Å². The number of non-ortho nitro benzene ring substituents is 1. The molecule has 1 rings (SSSR count). The maximum atomic E-state index is 11.5. The second-order valence-corrected chi connectivity index (χ2v) is 5.75. The molecule has 0 aliphatic rings. The van der Waals surface area contributed by atoms with Crippen molar-refractivity contribution < 1.29 is 29.5 Å². The predicted molar refractivity (Wildman–Crippen MR) is 75.6 cm³/mol. The Bertz CT molecular complexity index is 572. The van der Waals surface area contributed by atoms with E-state index in [1.807, 2.05) is 0 Å². The number of aliphatic carboxylic acids is 2. The maximum absolute atomic E-state index is 11.5. The molecular weight excluding hydrogens is 294 g/mol. The zero-order chi connectivity index (χ0) is 17.1. The molecular formula is C14H17NO7. The standard InChI is InChI=1S/C14H17NO7/c1-13(2,3)22-14(11(16)17,12(18)19)8-9-4-6-10(7-5-9)15(20)21/h4-7H,8H2,1-3H3,(H,16,17)(H,18,19). The van der Waals surface area contributed by atoms with Gasteiger partial charge >= 0.3 is 11.9 Å². The molecule has 8 heteroatoms. The summed E-state index contributed by atoms with van der Waals surface area (Å²) in [5.74, 6) is -3.26. The molecule has 8 nitrogen and oxygen atoms in total. The third-order valence-corrected chi connectivity index (χ3v) is 2.77. The van der Waals surface area contributed by atoms with Crippen molar-refractivity contribution in [3.8, 4) is 0 Å². The summed E-state index contributed by atoms with van der Waals surface area (Å²) >= 11 is 0. The molecule has 22 heavy (non-hydrogen) atoms. The van der Waals surface area contributed by atoms with Crippen LogP contribution in [-0.4, -0.2) is 38.3 Å². The first-order valence-electron chi connectivity index (χ1n) is 6.38. The van der Waals surface area contributed by atoms with Crippen LogP contribution >= 0.6 is 0 Å². The van der Waals surface area contributed by atoms with Crippen LogP contribution < -0.4 is 0 Å². The molecule has 0 bridgehead atoms. The molecule has 0 aromatic heterocycles. The Morgan fingerprint density at radius 1 is 1.14 bits per heavy atom. The summed E-state index contributed by atoms with van der Waals surface area (Å²) in [5, 5.41) is 29.3. The number of rotatable bonds is 6. The molecule has 0 fully saturated rings.